The van der Waals surface area contributed by atoms with Crippen LogP contribution in [-0.2, 0) is 19.4 Å². The summed E-state index contributed by atoms with van der Waals surface area (Å²) in [6.07, 6.45) is 0. The summed E-state index contributed by atoms with van der Waals surface area (Å²) in [6, 6.07) is 4.43. The fraction of sp³-hybridized carbons (Fsp3) is 0.364. The average Bonchev–Trinajstić information content (AvgIpc) is 2.39. The molecule has 1 rings (SSSR count). The summed E-state index contributed by atoms with van der Waals surface area (Å²) >= 11 is 0. The maximum absolute atomic E-state index is 12.3. The van der Waals surface area contributed by atoms with Gasteiger partial charge >= 0.3 is 5.76 Å². The SMILES string of the molecule is NCCOCC(=O)Nc1ccc(S(=O)(=O)C(F)F)cc1. The summed E-state index contributed by atoms with van der Waals surface area (Å²) in [7, 11) is -4.62. The standard InChI is InChI=1S/C11H14F2N2O4S/c12-11(13)20(17,18)9-3-1-8(2-4-9)15-10(16)7-19-6-5-14/h1-4,11H,5-7,14H2,(H,15,16). The van der Waals surface area contributed by atoms with Crippen molar-refractivity contribution < 1.29 is 26.7 Å². The molecule has 9 heteroatoms. The molecule has 0 spiro atoms. The molecule has 0 saturated heterocycles. The van der Waals surface area contributed by atoms with Gasteiger partial charge in [0.05, 0.1) is 11.5 Å². The lowest BCUT2D eigenvalue weighted by Crippen LogP contribution is -2.20. The molecule has 0 unspecified atom stereocenters. The molecule has 0 atom stereocenters. The van der Waals surface area contributed by atoms with E-state index in [9.17, 15) is 22.0 Å². The molecule has 0 aliphatic rings. The van der Waals surface area contributed by atoms with E-state index in [0.29, 0.717) is 0 Å². The molecule has 0 aromatic heterocycles. The highest BCUT2D eigenvalue weighted by Crippen LogP contribution is 2.20. The molecule has 0 heterocycles. The van der Waals surface area contributed by atoms with Gasteiger partial charge in [-0.2, -0.15) is 8.78 Å². The first-order valence-electron chi connectivity index (χ1n) is 5.57. The maximum Gasteiger partial charge on any atom is 0.341 e. The van der Waals surface area contributed by atoms with Crippen LogP contribution in [0.5, 0.6) is 0 Å². The predicted molar refractivity (Wildman–Crippen MR) is 68.1 cm³/mol. The number of sulfone groups is 1. The molecule has 112 valence electrons. The van der Waals surface area contributed by atoms with Crippen molar-refractivity contribution in [3.8, 4) is 0 Å². The number of amides is 1. The Bertz CT molecular complexity index is 546. The van der Waals surface area contributed by atoms with Crippen molar-refractivity contribution in [2.45, 2.75) is 10.7 Å². The Morgan fingerprint density at radius 2 is 1.90 bits per heavy atom. The van der Waals surface area contributed by atoms with Crippen molar-refractivity contribution in [2.75, 3.05) is 25.1 Å². The van der Waals surface area contributed by atoms with Gasteiger partial charge in [0, 0.05) is 12.2 Å². The fourth-order valence-corrected chi connectivity index (χ4v) is 2.00. The van der Waals surface area contributed by atoms with E-state index in [1.807, 2.05) is 0 Å². The molecule has 0 aliphatic heterocycles. The number of benzene rings is 1. The van der Waals surface area contributed by atoms with Crippen LogP contribution < -0.4 is 11.1 Å². The third-order valence-corrected chi connectivity index (χ3v) is 3.59. The molecule has 1 aromatic carbocycles. The highest BCUT2D eigenvalue weighted by molar-refractivity contribution is 7.91. The molecule has 1 aromatic rings. The summed E-state index contributed by atoms with van der Waals surface area (Å²) in [4.78, 5) is 10.9. The summed E-state index contributed by atoms with van der Waals surface area (Å²) in [5.41, 5.74) is 5.45. The van der Waals surface area contributed by atoms with E-state index < -0.39 is 26.4 Å². The second-order valence-corrected chi connectivity index (χ2v) is 5.64. The Kier molecular flexibility index (Phi) is 5.99. The minimum absolute atomic E-state index is 0.200. The third kappa shape index (κ3) is 4.51. The summed E-state index contributed by atoms with van der Waals surface area (Å²) in [5.74, 6) is -3.93. The second-order valence-electron chi connectivity index (χ2n) is 3.72. The maximum atomic E-state index is 12.3. The van der Waals surface area contributed by atoms with E-state index in [0.717, 1.165) is 12.1 Å². The molecule has 0 fully saturated rings. The zero-order valence-corrected chi connectivity index (χ0v) is 11.2. The first-order valence-corrected chi connectivity index (χ1v) is 7.12. The number of nitrogens with two attached hydrogens (primary N) is 1. The first-order chi connectivity index (χ1) is 9.37. The van der Waals surface area contributed by atoms with Crippen LogP contribution in [0, 0.1) is 0 Å². The number of hydrogen-bond donors (Lipinski definition) is 2. The van der Waals surface area contributed by atoms with Crippen molar-refractivity contribution in [2.24, 2.45) is 5.73 Å². The smallest absolute Gasteiger partial charge is 0.341 e. The van der Waals surface area contributed by atoms with Crippen LogP contribution in [0.3, 0.4) is 0 Å². The number of carbonyl (C=O) groups is 1. The van der Waals surface area contributed by atoms with Crippen molar-refractivity contribution in [3.63, 3.8) is 0 Å². The Morgan fingerprint density at radius 3 is 2.40 bits per heavy atom. The molecular weight excluding hydrogens is 294 g/mol. The van der Waals surface area contributed by atoms with E-state index in [2.05, 4.69) is 5.32 Å². The number of nitrogens with one attached hydrogen (secondary N) is 1. The summed E-state index contributed by atoms with van der Waals surface area (Å²) in [6.45, 7) is 0.320. The van der Waals surface area contributed by atoms with Gasteiger partial charge in [0.15, 0.2) is 0 Å². The van der Waals surface area contributed by atoms with Crippen LogP contribution in [0.25, 0.3) is 0 Å². The molecule has 0 aliphatic carbocycles. The third-order valence-electron chi connectivity index (χ3n) is 2.20. The van der Waals surface area contributed by atoms with Gasteiger partial charge in [-0.15, -0.1) is 0 Å². The zero-order valence-electron chi connectivity index (χ0n) is 10.4. The molecule has 0 radical (unpaired) electrons. The van der Waals surface area contributed by atoms with Gasteiger partial charge in [-0.05, 0) is 24.3 Å². The largest absolute Gasteiger partial charge is 0.370 e. The average molecular weight is 308 g/mol. The van der Waals surface area contributed by atoms with E-state index in [1.165, 1.54) is 12.1 Å². The van der Waals surface area contributed by atoms with E-state index in [1.54, 1.807) is 0 Å². The van der Waals surface area contributed by atoms with Gasteiger partial charge in [0.1, 0.15) is 6.61 Å². The minimum Gasteiger partial charge on any atom is -0.370 e. The van der Waals surface area contributed by atoms with E-state index >= 15 is 0 Å². The number of alkyl halides is 2. The fourth-order valence-electron chi connectivity index (χ4n) is 1.28. The van der Waals surface area contributed by atoms with Crippen molar-refractivity contribution >= 4 is 21.4 Å². The Hall–Kier alpha value is -1.58. The molecule has 0 saturated carbocycles. The first kappa shape index (κ1) is 16.5. The van der Waals surface area contributed by atoms with Crippen LogP contribution in [0.15, 0.2) is 29.2 Å². The van der Waals surface area contributed by atoms with Gasteiger partial charge in [-0.1, -0.05) is 0 Å². The van der Waals surface area contributed by atoms with Crippen LogP contribution in [-0.4, -0.2) is 39.8 Å². The van der Waals surface area contributed by atoms with Crippen LogP contribution in [0.4, 0.5) is 14.5 Å². The molecular formula is C11H14F2N2O4S. The second kappa shape index (κ2) is 7.27. The molecule has 0 bridgehead atoms. The van der Waals surface area contributed by atoms with Gasteiger partial charge in [-0.25, -0.2) is 8.42 Å². The highest BCUT2D eigenvalue weighted by Gasteiger charge is 2.26. The van der Waals surface area contributed by atoms with Gasteiger partial charge in [0.2, 0.25) is 15.7 Å². The number of anilines is 1. The lowest BCUT2D eigenvalue weighted by Gasteiger charge is -2.07. The van der Waals surface area contributed by atoms with E-state index in [-0.39, 0.29) is 25.4 Å². The highest BCUT2D eigenvalue weighted by atomic mass is 32.2. The van der Waals surface area contributed by atoms with Gasteiger partial charge in [0.25, 0.3) is 0 Å². The topological polar surface area (TPSA) is 98.5 Å². The lowest BCUT2D eigenvalue weighted by atomic mass is 10.3. The molecule has 20 heavy (non-hydrogen) atoms. The predicted octanol–water partition coefficient (Wildman–Crippen LogP) is 0.597. The monoisotopic (exact) mass is 308 g/mol. The Morgan fingerprint density at radius 1 is 1.30 bits per heavy atom. The van der Waals surface area contributed by atoms with Crippen LogP contribution >= 0.6 is 0 Å². The Labute approximate surface area is 114 Å². The number of hydrogen-bond acceptors (Lipinski definition) is 5. The van der Waals surface area contributed by atoms with Gasteiger partial charge in [-0.3, -0.25) is 4.79 Å². The normalized spacial score (nSPS) is 11.6. The number of carbonyl (C=O) groups excluding carboxylic acids is 1. The quantitative estimate of drug-likeness (QED) is 0.719. The summed E-state index contributed by atoms with van der Waals surface area (Å²) in [5, 5.41) is 2.42. The minimum atomic E-state index is -4.62. The lowest BCUT2D eigenvalue weighted by molar-refractivity contribution is -0.120. The van der Waals surface area contributed by atoms with Crippen molar-refractivity contribution in [1.29, 1.82) is 0 Å². The number of ether oxygens (including phenoxy) is 1. The number of rotatable bonds is 7. The van der Waals surface area contributed by atoms with Crippen molar-refractivity contribution in [3.05, 3.63) is 24.3 Å². The molecule has 6 nitrogen and oxygen atoms in total. The van der Waals surface area contributed by atoms with Gasteiger partial charge < -0.3 is 15.8 Å². The number of halogens is 2. The van der Waals surface area contributed by atoms with E-state index in [4.69, 9.17) is 10.5 Å². The van der Waals surface area contributed by atoms with Crippen molar-refractivity contribution in [1.82, 2.24) is 0 Å². The molecule has 1 amide bonds. The summed E-state index contributed by atoms with van der Waals surface area (Å²) < 4.78 is 51.8. The van der Waals surface area contributed by atoms with Crippen LogP contribution in [0.2, 0.25) is 0 Å². The Balaban J connectivity index is 2.66. The zero-order chi connectivity index (χ0) is 15.2. The van der Waals surface area contributed by atoms with Crippen LogP contribution in [0.1, 0.15) is 0 Å². The molecule has 3 N–H and O–H groups in total.